The summed E-state index contributed by atoms with van der Waals surface area (Å²) in [5.74, 6) is 0. The Morgan fingerprint density at radius 3 is 2.56 bits per heavy atom. The fraction of sp³-hybridized carbons (Fsp3) is 1.00. The molecule has 0 rings (SSSR count). The summed E-state index contributed by atoms with van der Waals surface area (Å²) < 4.78 is 0. The van der Waals surface area contributed by atoms with Crippen molar-refractivity contribution in [3.05, 3.63) is 0 Å². The topological polar surface area (TPSA) is 15.3 Å². The molecule has 0 aliphatic rings. The van der Waals surface area contributed by atoms with Gasteiger partial charge in [-0.3, -0.25) is 4.90 Å². The summed E-state index contributed by atoms with van der Waals surface area (Å²) in [5, 5.41) is 3.05. The minimum Gasteiger partial charge on any atom is -0.318 e. The molecule has 0 bridgehead atoms. The largest absolute Gasteiger partial charge is 0.318 e. The summed E-state index contributed by atoms with van der Waals surface area (Å²) >= 11 is 5.76. The minimum absolute atomic E-state index is 0.137. The molecule has 56 valence electrons. The van der Waals surface area contributed by atoms with E-state index in [0.717, 1.165) is 13.1 Å². The second-order valence-electron chi connectivity index (χ2n) is 2.16. The van der Waals surface area contributed by atoms with E-state index < -0.39 is 0 Å². The van der Waals surface area contributed by atoms with Crippen LogP contribution in [0.2, 0.25) is 0 Å². The van der Waals surface area contributed by atoms with Gasteiger partial charge in [0.2, 0.25) is 0 Å². The van der Waals surface area contributed by atoms with E-state index >= 15 is 0 Å². The van der Waals surface area contributed by atoms with Gasteiger partial charge < -0.3 is 5.32 Å². The summed E-state index contributed by atoms with van der Waals surface area (Å²) in [5.41, 5.74) is 0.137. The Kier molecular flexibility index (Phi) is 5.15. The molecule has 9 heavy (non-hydrogen) atoms. The van der Waals surface area contributed by atoms with Gasteiger partial charge in [-0.25, -0.2) is 0 Å². The number of hydrogen-bond donors (Lipinski definition) is 1. The Labute approximate surface area is 62.2 Å². The van der Waals surface area contributed by atoms with Crippen molar-refractivity contribution in [2.24, 2.45) is 0 Å². The summed E-state index contributed by atoms with van der Waals surface area (Å²) in [6, 6.07) is 0. The first-order chi connectivity index (χ1) is 4.18. The van der Waals surface area contributed by atoms with E-state index in [-0.39, 0.29) is 5.50 Å². The van der Waals surface area contributed by atoms with Crippen LogP contribution in [0.25, 0.3) is 0 Å². The zero-order valence-electron chi connectivity index (χ0n) is 6.32. The van der Waals surface area contributed by atoms with Gasteiger partial charge in [-0.15, -0.1) is 11.6 Å². The zero-order chi connectivity index (χ0) is 7.28. The van der Waals surface area contributed by atoms with Gasteiger partial charge in [0.05, 0.1) is 5.50 Å². The van der Waals surface area contributed by atoms with Crippen LogP contribution >= 0.6 is 11.6 Å². The SMILES string of the molecule is CNCCN(C)C(C)Cl. The van der Waals surface area contributed by atoms with E-state index in [2.05, 4.69) is 10.2 Å². The van der Waals surface area contributed by atoms with Crippen LogP contribution in [0.1, 0.15) is 6.92 Å². The maximum absolute atomic E-state index is 5.76. The average molecular weight is 151 g/mol. The highest BCUT2D eigenvalue weighted by molar-refractivity contribution is 6.20. The molecule has 0 aromatic rings. The molecule has 2 nitrogen and oxygen atoms in total. The number of halogens is 1. The number of likely N-dealkylation sites (N-methyl/N-ethyl adjacent to an activating group) is 2. The lowest BCUT2D eigenvalue weighted by molar-refractivity contribution is 0.324. The van der Waals surface area contributed by atoms with Crippen molar-refractivity contribution in [2.45, 2.75) is 12.4 Å². The lowest BCUT2D eigenvalue weighted by Crippen LogP contribution is -2.31. The molecule has 0 fully saturated rings. The van der Waals surface area contributed by atoms with E-state index in [1.54, 1.807) is 0 Å². The van der Waals surface area contributed by atoms with Crippen molar-refractivity contribution in [2.75, 3.05) is 27.2 Å². The van der Waals surface area contributed by atoms with Crippen LogP contribution in [0.5, 0.6) is 0 Å². The molecule has 0 aromatic heterocycles. The second-order valence-corrected chi connectivity index (χ2v) is 2.79. The Morgan fingerprint density at radius 1 is 1.67 bits per heavy atom. The highest BCUT2D eigenvalue weighted by Crippen LogP contribution is 1.97. The Balaban J connectivity index is 3.16. The fourth-order valence-corrected chi connectivity index (χ4v) is 0.564. The van der Waals surface area contributed by atoms with E-state index in [0.29, 0.717) is 0 Å². The minimum atomic E-state index is 0.137. The smallest absolute Gasteiger partial charge is 0.0819 e. The Hall–Kier alpha value is 0.210. The van der Waals surface area contributed by atoms with Crippen LogP contribution in [-0.4, -0.2) is 37.6 Å². The monoisotopic (exact) mass is 150 g/mol. The van der Waals surface area contributed by atoms with E-state index in [1.807, 2.05) is 21.0 Å². The van der Waals surface area contributed by atoms with Crippen LogP contribution in [-0.2, 0) is 0 Å². The molecule has 0 aromatic carbocycles. The highest BCUT2D eigenvalue weighted by atomic mass is 35.5. The fourth-order valence-electron chi connectivity index (χ4n) is 0.466. The lowest BCUT2D eigenvalue weighted by atomic mass is 10.5. The van der Waals surface area contributed by atoms with Crippen LogP contribution < -0.4 is 5.32 Å². The molecule has 0 saturated heterocycles. The van der Waals surface area contributed by atoms with Crippen LogP contribution in [0, 0.1) is 0 Å². The van der Waals surface area contributed by atoms with Gasteiger partial charge in [0.15, 0.2) is 0 Å². The van der Waals surface area contributed by atoms with Crippen LogP contribution in [0.15, 0.2) is 0 Å². The molecule has 0 aliphatic heterocycles. The molecule has 3 heteroatoms. The first-order valence-electron chi connectivity index (χ1n) is 3.17. The lowest BCUT2D eigenvalue weighted by Gasteiger charge is -2.18. The van der Waals surface area contributed by atoms with Crippen molar-refractivity contribution < 1.29 is 0 Å². The third kappa shape index (κ3) is 4.70. The summed E-state index contributed by atoms with van der Waals surface area (Å²) in [6.45, 7) is 3.96. The van der Waals surface area contributed by atoms with Crippen molar-refractivity contribution in [1.29, 1.82) is 0 Å². The summed E-state index contributed by atoms with van der Waals surface area (Å²) in [6.07, 6.45) is 0. The highest BCUT2D eigenvalue weighted by Gasteiger charge is 2.01. The third-order valence-corrected chi connectivity index (χ3v) is 1.66. The summed E-state index contributed by atoms with van der Waals surface area (Å²) in [4.78, 5) is 2.08. The van der Waals surface area contributed by atoms with Crippen molar-refractivity contribution >= 4 is 11.6 Å². The summed E-state index contributed by atoms with van der Waals surface area (Å²) in [7, 11) is 3.95. The van der Waals surface area contributed by atoms with E-state index in [4.69, 9.17) is 11.6 Å². The normalized spacial score (nSPS) is 14.3. The molecule has 1 atom stereocenters. The van der Waals surface area contributed by atoms with Crippen molar-refractivity contribution in [1.82, 2.24) is 10.2 Å². The van der Waals surface area contributed by atoms with Gasteiger partial charge in [-0.2, -0.15) is 0 Å². The van der Waals surface area contributed by atoms with E-state index in [9.17, 15) is 0 Å². The van der Waals surface area contributed by atoms with Crippen LogP contribution in [0.3, 0.4) is 0 Å². The predicted octanol–water partition coefficient (Wildman–Crippen LogP) is 0.722. The van der Waals surface area contributed by atoms with Gasteiger partial charge in [0.25, 0.3) is 0 Å². The van der Waals surface area contributed by atoms with E-state index in [1.165, 1.54) is 0 Å². The number of nitrogens with one attached hydrogen (secondary N) is 1. The van der Waals surface area contributed by atoms with Gasteiger partial charge in [0.1, 0.15) is 0 Å². The number of rotatable bonds is 4. The molecule has 0 spiro atoms. The third-order valence-electron chi connectivity index (χ3n) is 1.32. The van der Waals surface area contributed by atoms with Gasteiger partial charge >= 0.3 is 0 Å². The number of hydrogen-bond acceptors (Lipinski definition) is 2. The van der Waals surface area contributed by atoms with Gasteiger partial charge in [0, 0.05) is 13.1 Å². The molecular formula is C6H15ClN2. The first kappa shape index (κ1) is 9.21. The molecule has 0 saturated carbocycles. The average Bonchev–Trinajstić information content (AvgIpc) is 1.82. The molecule has 1 N–H and O–H groups in total. The molecule has 0 heterocycles. The predicted molar refractivity (Wildman–Crippen MR) is 41.9 cm³/mol. The maximum atomic E-state index is 5.76. The molecule has 1 unspecified atom stereocenters. The molecule has 0 aliphatic carbocycles. The zero-order valence-corrected chi connectivity index (χ0v) is 7.07. The number of nitrogens with zero attached hydrogens (tertiary/aromatic N) is 1. The standard InChI is InChI=1S/C6H15ClN2/c1-6(7)9(3)5-4-8-2/h6,8H,4-5H2,1-3H3. The van der Waals surface area contributed by atoms with Gasteiger partial charge in [-0.1, -0.05) is 0 Å². The Morgan fingerprint density at radius 2 is 2.22 bits per heavy atom. The maximum Gasteiger partial charge on any atom is 0.0819 e. The van der Waals surface area contributed by atoms with Crippen molar-refractivity contribution in [3.63, 3.8) is 0 Å². The molecule has 0 amide bonds. The number of alkyl halides is 1. The van der Waals surface area contributed by atoms with Crippen LogP contribution in [0.4, 0.5) is 0 Å². The van der Waals surface area contributed by atoms with Gasteiger partial charge in [-0.05, 0) is 21.0 Å². The molecule has 0 radical (unpaired) electrons. The Bertz CT molecular complexity index is 66.1. The van der Waals surface area contributed by atoms with Crippen molar-refractivity contribution in [3.8, 4) is 0 Å². The first-order valence-corrected chi connectivity index (χ1v) is 3.61. The quantitative estimate of drug-likeness (QED) is 0.470. The molecular weight excluding hydrogens is 136 g/mol. The second kappa shape index (κ2) is 5.03.